The molecular formula is C32H41N3O5. The number of nitrogens with one attached hydrogen (secondary N) is 2. The van der Waals surface area contributed by atoms with E-state index in [0.717, 1.165) is 50.7 Å². The molecule has 3 fully saturated rings. The van der Waals surface area contributed by atoms with Crippen LogP contribution < -0.4 is 15.4 Å². The van der Waals surface area contributed by atoms with E-state index in [0.29, 0.717) is 18.8 Å². The number of likely N-dealkylation sites (tertiary alicyclic amines) is 1. The summed E-state index contributed by atoms with van der Waals surface area (Å²) in [6.45, 7) is 2.94. The lowest BCUT2D eigenvalue weighted by atomic mass is 9.74. The van der Waals surface area contributed by atoms with Gasteiger partial charge in [-0.15, -0.1) is 0 Å². The first-order chi connectivity index (χ1) is 19.5. The number of benzene rings is 1. The molecule has 1 spiro atoms. The lowest BCUT2D eigenvalue weighted by Gasteiger charge is -2.34. The zero-order chi connectivity index (χ0) is 27.7. The fourth-order valence-electron chi connectivity index (χ4n) is 7.46. The van der Waals surface area contributed by atoms with Gasteiger partial charge in [0.1, 0.15) is 17.4 Å². The molecule has 2 N–H and O–H groups in total. The molecule has 3 heterocycles. The third kappa shape index (κ3) is 4.95. The predicted molar refractivity (Wildman–Crippen MR) is 152 cm³/mol. The van der Waals surface area contributed by atoms with Crippen molar-refractivity contribution in [3.05, 3.63) is 48.1 Å². The number of anilines is 1. The van der Waals surface area contributed by atoms with Crippen LogP contribution in [0.1, 0.15) is 71.1 Å². The number of hydrogen-bond donors (Lipinski definition) is 2. The Morgan fingerprint density at radius 1 is 1.07 bits per heavy atom. The second kappa shape index (κ2) is 11.4. The Labute approximate surface area is 236 Å². The fourth-order valence-corrected chi connectivity index (χ4v) is 7.46. The van der Waals surface area contributed by atoms with Gasteiger partial charge >= 0.3 is 0 Å². The van der Waals surface area contributed by atoms with E-state index in [1.807, 2.05) is 31.2 Å². The van der Waals surface area contributed by atoms with Crippen molar-refractivity contribution in [3.63, 3.8) is 0 Å². The van der Waals surface area contributed by atoms with E-state index in [-0.39, 0.29) is 23.8 Å². The molecule has 2 bridgehead atoms. The van der Waals surface area contributed by atoms with Crippen molar-refractivity contribution in [2.24, 2.45) is 11.8 Å². The average molecular weight is 548 g/mol. The van der Waals surface area contributed by atoms with Crippen LogP contribution in [-0.4, -0.2) is 59.6 Å². The summed E-state index contributed by atoms with van der Waals surface area (Å²) in [4.78, 5) is 43.5. The topological polar surface area (TPSA) is 97.0 Å². The fraction of sp³-hybridized carbons (Fsp3) is 0.594. The first kappa shape index (κ1) is 27.1. The van der Waals surface area contributed by atoms with Gasteiger partial charge in [-0.05, 0) is 76.1 Å². The van der Waals surface area contributed by atoms with Gasteiger partial charge < -0.3 is 25.0 Å². The second-order valence-electron chi connectivity index (χ2n) is 11.9. The van der Waals surface area contributed by atoms with E-state index >= 15 is 0 Å². The summed E-state index contributed by atoms with van der Waals surface area (Å²) in [7, 11) is 0. The molecule has 214 valence electrons. The monoisotopic (exact) mass is 547 g/mol. The Morgan fingerprint density at radius 3 is 2.60 bits per heavy atom. The molecule has 6 rings (SSSR count). The summed E-state index contributed by atoms with van der Waals surface area (Å²) in [6, 6.07) is 6.56. The minimum Gasteiger partial charge on any atom is -0.494 e. The summed E-state index contributed by atoms with van der Waals surface area (Å²) < 4.78 is 12.0. The van der Waals surface area contributed by atoms with Gasteiger partial charge in [-0.1, -0.05) is 43.1 Å². The molecule has 1 aromatic rings. The molecular weight excluding hydrogens is 506 g/mol. The molecule has 2 saturated heterocycles. The smallest absolute Gasteiger partial charge is 0.246 e. The molecule has 3 aliphatic heterocycles. The highest BCUT2D eigenvalue weighted by atomic mass is 16.5. The highest BCUT2D eigenvalue weighted by molar-refractivity contribution is 6.02. The first-order valence-electron chi connectivity index (χ1n) is 15.2. The van der Waals surface area contributed by atoms with Gasteiger partial charge in [-0.25, -0.2) is 0 Å². The Bertz CT molecular complexity index is 1190. The van der Waals surface area contributed by atoms with Gasteiger partial charge in [-0.2, -0.15) is 0 Å². The minimum atomic E-state index is -1.12. The summed E-state index contributed by atoms with van der Waals surface area (Å²) in [5, 5.41) is 6.25. The SMILES string of the molecule is CCOc1ccc(NC(=O)[C@H]2[C@H]3C=C[C@@]4(O3)[C@H]2C(=O)N(CCC2=CCCCC2)[C@@H]4C(=O)NC2CCCCC2)cc1. The number of hydrogen-bond acceptors (Lipinski definition) is 5. The van der Waals surface area contributed by atoms with Crippen LogP contribution in [-0.2, 0) is 19.1 Å². The van der Waals surface area contributed by atoms with Gasteiger partial charge in [0.05, 0.1) is 24.5 Å². The molecule has 0 radical (unpaired) electrons. The lowest BCUT2D eigenvalue weighted by Crippen LogP contribution is -2.56. The van der Waals surface area contributed by atoms with Crippen molar-refractivity contribution in [1.82, 2.24) is 10.2 Å². The first-order valence-corrected chi connectivity index (χ1v) is 15.2. The third-order valence-corrected chi connectivity index (χ3v) is 9.37. The number of allylic oxidation sites excluding steroid dienone is 1. The zero-order valence-corrected chi connectivity index (χ0v) is 23.4. The Balaban J connectivity index is 1.25. The lowest BCUT2D eigenvalue weighted by molar-refractivity contribution is -0.141. The molecule has 40 heavy (non-hydrogen) atoms. The van der Waals surface area contributed by atoms with Crippen LogP contribution in [0.25, 0.3) is 0 Å². The highest BCUT2D eigenvalue weighted by Gasteiger charge is 2.72. The van der Waals surface area contributed by atoms with E-state index in [1.165, 1.54) is 24.8 Å². The molecule has 1 aromatic carbocycles. The van der Waals surface area contributed by atoms with Crippen LogP contribution in [0.2, 0.25) is 0 Å². The minimum absolute atomic E-state index is 0.121. The second-order valence-corrected chi connectivity index (χ2v) is 11.9. The maximum atomic E-state index is 14.2. The van der Waals surface area contributed by atoms with Gasteiger partial charge in [0.2, 0.25) is 17.7 Å². The third-order valence-electron chi connectivity index (χ3n) is 9.37. The average Bonchev–Trinajstić information content (AvgIpc) is 3.61. The predicted octanol–water partition coefficient (Wildman–Crippen LogP) is 4.51. The Morgan fingerprint density at radius 2 is 1.88 bits per heavy atom. The largest absolute Gasteiger partial charge is 0.494 e. The number of fused-ring (bicyclic) bond motifs is 1. The van der Waals surface area contributed by atoms with Gasteiger partial charge in [0.25, 0.3) is 0 Å². The molecule has 5 atom stereocenters. The normalized spacial score (nSPS) is 31.2. The van der Waals surface area contributed by atoms with Gasteiger partial charge in [0, 0.05) is 18.3 Å². The van der Waals surface area contributed by atoms with E-state index in [4.69, 9.17) is 9.47 Å². The number of rotatable bonds is 9. The summed E-state index contributed by atoms with van der Waals surface area (Å²) >= 11 is 0. The van der Waals surface area contributed by atoms with E-state index in [9.17, 15) is 14.4 Å². The van der Waals surface area contributed by atoms with E-state index in [1.54, 1.807) is 17.0 Å². The molecule has 5 aliphatic rings. The number of nitrogens with zero attached hydrogens (tertiary/aromatic N) is 1. The summed E-state index contributed by atoms with van der Waals surface area (Å²) in [5.74, 6) is -1.27. The highest BCUT2D eigenvalue weighted by Crippen LogP contribution is 2.55. The van der Waals surface area contributed by atoms with Crippen molar-refractivity contribution in [3.8, 4) is 5.75 Å². The van der Waals surface area contributed by atoms with Gasteiger partial charge in [0.15, 0.2) is 0 Å². The quantitative estimate of drug-likeness (QED) is 0.444. The molecule has 8 nitrogen and oxygen atoms in total. The van der Waals surface area contributed by atoms with Crippen molar-refractivity contribution in [1.29, 1.82) is 0 Å². The number of ether oxygens (including phenoxy) is 2. The molecule has 1 saturated carbocycles. The van der Waals surface area contributed by atoms with Crippen LogP contribution in [0.15, 0.2) is 48.1 Å². The molecule has 2 aliphatic carbocycles. The summed E-state index contributed by atoms with van der Waals surface area (Å²) in [5.41, 5.74) is 0.862. The van der Waals surface area contributed by atoms with Crippen molar-refractivity contribution in [2.45, 2.75) is 94.9 Å². The van der Waals surface area contributed by atoms with E-state index in [2.05, 4.69) is 16.7 Å². The number of carbonyl (C=O) groups is 3. The zero-order valence-electron chi connectivity index (χ0n) is 23.4. The van der Waals surface area contributed by atoms with Crippen LogP contribution in [0.5, 0.6) is 5.75 Å². The van der Waals surface area contributed by atoms with Crippen molar-refractivity contribution >= 4 is 23.4 Å². The van der Waals surface area contributed by atoms with Gasteiger partial charge in [-0.3, -0.25) is 14.4 Å². The van der Waals surface area contributed by atoms with Crippen LogP contribution in [0.3, 0.4) is 0 Å². The van der Waals surface area contributed by atoms with E-state index < -0.39 is 29.6 Å². The Kier molecular flexibility index (Phi) is 7.71. The Hall–Kier alpha value is -3.13. The maximum absolute atomic E-state index is 14.2. The standard InChI is InChI=1S/C32H41N3O5/c1-2-39-24-15-13-23(14-16-24)33-29(36)26-25-17-19-32(40-25)27(26)31(38)35(20-18-21-9-5-3-6-10-21)28(32)30(37)34-22-11-7-4-8-12-22/h9,13-17,19,22,25-28H,2-8,10-12,18,20H2,1H3,(H,33,36)(H,34,37)/t25-,26+,27-,28-,32-/m1/s1. The number of carbonyl (C=O) groups excluding carboxylic acids is 3. The van der Waals surface area contributed by atoms with Crippen LogP contribution in [0.4, 0.5) is 5.69 Å². The van der Waals surface area contributed by atoms with Crippen molar-refractivity contribution in [2.75, 3.05) is 18.5 Å². The summed E-state index contributed by atoms with van der Waals surface area (Å²) in [6.07, 6.45) is 16.1. The molecule has 3 amide bonds. The molecule has 8 heteroatoms. The van der Waals surface area contributed by atoms with Crippen LogP contribution in [0, 0.1) is 11.8 Å². The number of amides is 3. The van der Waals surface area contributed by atoms with Crippen LogP contribution >= 0.6 is 0 Å². The molecule has 0 unspecified atom stereocenters. The molecule has 0 aromatic heterocycles. The maximum Gasteiger partial charge on any atom is 0.246 e. The van der Waals surface area contributed by atoms with Crippen molar-refractivity contribution < 1.29 is 23.9 Å².